The van der Waals surface area contributed by atoms with Gasteiger partial charge in [-0.25, -0.2) is 4.79 Å². The van der Waals surface area contributed by atoms with Crippen molar-refractivity contribution in [3.63, 3.8) is 0 Å². The first-order valence-corrected chi connectivity index (χ1v) is 12.6. The Morgan fingerprint density at radius 3 is 2.61 bits per heavy atom. The second-order valence-corrected chi connectivity index (χ2v) is 9.61. The van der Waals surface area contributed by atoms with Crippen LogP contribution in [0.2, 0.25) is 0 Å². The molecule has 184 valence electrons. The van der Waals surface area contributed by atoms with E-state index in [0.717, 1.165) is 36.3 Å². The van der Waals surface area contributed by atoms with Gasteiger partial charge in [0.1, 0.15) is 11.5 Å². The zero-order valence-corrected chi connectivity index (χ0v) is 20.5. The fourth-order valence-electron chi connectivity index (χ4n) is 4.10. The molecule has 5 rings (SSSR count). The Labute approximate surface area is 212 Å². The first kappa shape index (κ1) is 23.6. The summed E-state index contributed by atoms with van der Waals surface area (Å²) < 4.78 is 6.58. The van der Waals surface area contributed by atoms with Crippen LogP contribution in [0.1, 0.15) is 46.1 Å². The van der Waals surface area contributed by atoms with E-state index >= 15 is 0 Å². The largest absolute Gasteiger partial charge is 0.507 e. The topological polar surface area (TPSA) is 105 Å². The summed E-state index contributed by atoms with van der Waals surface area (Å²) in [6, 6.07) is 17.4. The molecule has 3 N–H and O–H groups in total. The monoisotopic (exact) mass is 502 g/mol. The molecule has 2 aromatic heterocycles. The van der Waals surface area contributed by atoms with Gasteiger partial charge in [0, 0.05) is 23.7 Å². The molecule has 0 bridgehead atoms. The lowest BCUT2D eigenvalue weighted by Gasteiger charge is -2.25. The maximum Gasteiger partial charge on any atom is 0.342 e. The molecule has 1 saturated carbocycles. The molecular weight excluding hydrogens is 476 g/mol. The van der Waals surface area contributed by atoms with Gasteiger partial charge in [-0.05, 0) is 66.2 Å². The van der Waals surface area contributed by atoms with Gasteiger partial charge in [0.05, 0.1) is 23.4 Å². The Morgan fingerprint density at radius 1 is 1.14 bits per heavy atom. The predicted octanol–water partition coefficient (Wildman–Crippen LogP) is 5.60. The number of nitrogens with one attached hydrogen (secondary N) is 2. The second kappa shape index (κ2) is 10.2. The molecule has 2 heterocycles. The van der Waals surface area contributed by atoms with Gasteiger partial charge in [-0.1, -0.05) is 24.6 Å². The summed E-state index contributed by atoms with van der Waals surface area (Å²) in [5.41, 5.74) is 3.21. The van der Waals surface area contributed by atoms with E-state index in [9.17, 15) is 14.7 Å². The molecule has 0 spiro atoms. The van der Waals surface area contributed by atoms with Crippen LogP contribution in [0.15, 0.2) is 66.0 Å². The van der Waals surface area contributed by atoms with Gasteiger partial charge in [0.15, 0.2) is 0 Å². The number of anilines is 1. The lowest BCUT2D eigenvalue weighted by atomic mass is 9.82. The lowest BCUT2D eigenvalue weighted by Crippen LogP contribution is -2.31. The fourth-order valence-corrected chi connectivity index (χ4v) is 4.72. The minimum Gasteiger partial charge on any atom is -0.507 e. The summed E-state index contributed by atoms with van der Waals surface area (Å²) in [5.74, 6) is 0.789. The molecule has 0 saturated heterocycles. The quantitative estimate of drug-likeness (QED) is 0.285. The molecule has 1 aliphatic carbocycles. The molecule has 1 fully saturated rings. The summed E-state index contributed by atoms with van der Waals surface area (Å²) in [6.07, 6.45) is 3.08. The van der Waals surface area contributed by atoms with E-state index in [-0.39, 0.29) is 23.6 Å². The van der Waals surface area contributed by atoms with Crippen molar-refractivity contribution in [2.75, 3.05) is 12.4 Å². The minimum atomic E-state index is -0.333. The van der Waals surface area contributed by atoms with Crippen LogP contribution >= 0.6 is 11.3 Å². The molecule has 4 aromatic rings. The number of phenols is 1. The molecule has 0 unspecified atom stereocenters. The number of hydrogen-bond donors (Lipinski definition) is 3. The third-order valence-corrected chi connectivity index (χ3v) is 7.20. The number of thiophene rings is 1. The highest BCUT2D eigenvalue weighted by molar-refractivity contribution is 7.12. The van der Waals surface area contributed by atoms with Crippen LogP contribution in [0.4, 0.5) is 10.5 Å². The highest BCUT2D eigenvalue weighted by Crippen LogP contribution is 2.39. The van der Waals surface area contributed by atoms with Crippen LogP contribution in [0.5, 0.6) is 11.5 Å². The molecule has 2 amide bonds. The molecule has 8 nitrogen and oxygen atoms in total. The lowest BCUT2D eigenvalue weighted by molar-refractivity contribution is 0.103. The SMILES string of the molecule is COc1ccc(CNC(=O)n2nc(-c3cc(NC(=O)c4cccs4)ccc3O)cc2C2CCC2)cc1. The zero-order valence-electron chi connectivity index (χ0n) is 19.7. The highest BCUT2D eigenvalue weighted by Gasteiger charge is 2.27. The summed E-state index contributed by atoms with van der Waals surface area (Å²) >= 11 is 1.35. The number of benzene rings is 2. The third kappa shape index (κ3) is 4.96. The molecule has 0 radical (unpaired) electrons. The van der Waals surface area contributed by atoms with Crippen LogP contribution < -0.4 is 15.4 Å². The number of aromatic nitrogens is 2. The molecule has 1 aliphatic rings. The number of methoxy groups -OCH3 is 1. The number of phenolic OH excluding ortho intramolecular Hbond substituents is 1. The normalized spacial score (nSPS) is 13.1. The van der Waals surface area contributed by atoms with Gasteiger partial charge in [-0.2, -0.15) is 9.78 Å². The van der Waals surface area contributed by atoms with E-state index in [1.807, 2.05) is 41.8 Å². The molecule has 36 heavy (non-hydrogen) atoms. The van der Waals surface area contributed by atoms with Crippen molar-refractivity contribution in [3.8, 4) is 22.8 Å². The molecule has 2 aromatic carbocycles. The van der Waals surface area contributed by atoms with Crippen LogP contribution in [-0.2, 0) is 6.54 Å². The number of carbonyl (C=O) groups excluding carboxylic acids is 2. The average molecular weight is 503 g/mol. The second-order valence-electron chi connectivity index (χ2n) is 8.66. The van der Waals surface area contributed by atoms with E-state index in [4.69, 9.17) is 4.74 Å². The van der Waals surface area contributed by atoms with E-state index in [1.165, 1.54) is 22.1 Å². The van der Waals surface area contributed by atoms with Crippen molar-refractivity contribution in [2.24, 2.45) is 0 Å². The van der Waals surface area contributed by atoms with Gasteiger partial charge in [-0.15, -0.1) is 11.3 Å². The summed E-state index contributed by atoms with van der Waals surface area (Å²) in [7, 11) is 1.61. The summed E-state index contributed by atoms with van der Waals surface area (Å²) in [5, 5.41) is 22.8. The van der Waals surface area contributed by atoms with Crippen molar-refractivity contribution in [1.82, 2.24) is 15.1 Å². The Hall–Kier alpha value is -4.11. The first-order valence-electron chi connectivity index (χ1n) is 11.7. The fraction of sp³-hybridized carbons (Fsp3) is 0.222. The molecule has 9 heteroatoms. The van der Waals surface area contributed by atoms with Gasteiger partial charge < -0.3 is 20.5 Å². The van der Waals surface area contributed by atoms with Gasteiger partial charge in [0.2, 0.25) is 0 Å². The summed E-state index contributed by atoms with van der Waals surface area (Å²) in [6.45, 7) is 0.345. The number of hydrogen-bond acceptors (Lipinski definition) is 6. The van der Waals surface area contributed by atoms with Crippen LogP contribution in [0, 0.1) is 0 Å². The number of carbonyl (C=O) groups is 2. The van der Waals surface area contributed by atoms with Crippen molar-refractivity contribution >= 4 is 29.0 Å². The van der Waals surface area contributed by atoms with Crippen molar-refractivity contribution in [1.29, 1.82) is 0 Å². The van der Waals surface area contributed by atoms with Crippen molar-refractivity contribution in [2.45, 2.75) is 31.7 Å². The highest BCUT2D eigenvalue weighted by atomic mass is 32.1. The number of nitrogens with zero attached hydrogens (tertiary/aromatic N) is 2. The van der Waals surface area contributed by atoms with Gasteiger partial charge >= 0.3 is 6.03 Å². The average Bonchev–Trinajstić information content (AvgIpc) is 3.54. The van der Waals surface area contributed by atoms with Gasteiger partial charge in [0.25, 0.3) is 5.91 Å². The van der Waals surface area contributed by atoms with E-state index < -0.39 is 0 Å². The molecular formula is C27H26N4O4S. The number of aromatic hydroxyl groups is 1. The summed E-state index contributed by atoms with van der Waals surface area (Å²) in [4.78, 5) is 26.2. The number of amides is 2. The number of ether oxygens (including phenoxy) is 1. The minimum absolute atomic E-state index is 0.0209. The Balaban J connectivity index is 1.38. The number of rotatable bonds is 7. The molecule has 0 aliphatic heterocycles. The maximum absolute atomic E-state index is 13.1. The van der Waals surface area contributed by atoms with Crippen LogP contribution in [0.25, 0.3) is 11.3 Å². The van der Waals surface area contributed by atoms with E-state index in [2.05, 4.69) is 15.7 Å². The Morgan fingerprint density at radius 2 is 1.94 bits per heavy atom. The standard InChI is InChI=1S/C27H26N4O4S/c1-35-20-10-7-17(8-11-20)16-28-27(34)31-23(18-4-2-5-18)15-22(30-31)21-14-19(9-12-24(21)32)29-26(33)25-6-3-13-36-25/h3,6-15,18,32H,2,4-5,16H2,1H3,(H,28,34)(H,29,33). The predicted molar refractivity (Wildman–Crippen MR) is 139 cm³/mol. The van der Waals surface area contributed by atoms with E-state index in [0.29, 0.717) is 28.4 Å². The van der Waals surface area contributed by atoms with Gasteiger partial charge in [-0.3, -0.25) is 4.79 Å². The third-order valence-electron chi connectivity index (χ3n) is 6.33. The Kier molecular flexibility index (Phi) is 6.73. The first-order chi connectivity index (χ1) is 17.5. The molecule has 0 atom stereocenters. The zero-order chi connectivity index (χ0) is 25.1. The van der Waals surface area contributed by atoms with Crippen molar-refractivity contribution < 1.29 is 19.4 Å². The van der Waals surface area contributed by atoms with Crippen LogP contribution in [-0.4, -0.2) is 33.9 Å². The van der Waals surface area contributed by atoms with E-state index in [1.54, 1.807) is 25.3 Å². The van der Waals surface area contributed by atoms with Crippen LogP contribution in [0.3, 0.4) is 0 Å². The van der Waals surface area contributed by atoms with Crippen molar-refractivity contribution in [3.05, 3.63) is 82.2 Å². The smallest absolute Gasteiger partial charge is 0.342 e. The Bertz CT molecular complexity index is 1380. The maximum atomic E-state index is 13.1.